The first-order valence-corrected chi connectivity index (χ1v) is 9.58. The lowest BCUT2D eigenvalue weighted by Crippen LogP contribution is -2.39. The Balaban J connectivity index is 1.49. The molecule has 1 aliphatic rings. The smallest absolute Gasteiger partial charge is 0.309 e. The molecule has 0 spiro atoms. The lowest BCUT2D eigenvalue weighted by Gasteiger charge is -2.32. The number of carbonyl (C=O) groups excluding carboxylic acids is 2. The first-order chi connectivity index (χ1) is 14.0. The van der Waals surface area contributed by atoms with Crippen LogP contribution in [0.3, 0.4) is 0 Å². The van der Waals surface area contributed by atoms with Crippen LogP contribution in [0.2, 0.25) is 5.15 Å². The lowest BCUT2D eigenvalue weighted by atomic mass is 9.97. The van der Waals surface area contributed by atoms with Crippen LogP contribution in [0.15, 0.2) is 36.7 Å². The molecule has 1 saturated heterocycles. The van der Waals surface area contributed by atoms with Crippen LogP contribution >= 0.6 is 11.6 Å². The zero-order valence-corrected chi connectivity index (χ0v) is 16.6. The fourth-order valence-corrected chi connectivity index (χ4v) is 3.19. The number of ether oxygens (including phenoxy) is 1. The second kappa shape index (κ2) is 9.34. The molecule has 0 aromatic carbocycles. The second-order valence-electron chi connectivity index (χ2n) is 6.69. The number of rotatable bonds is 5. The SMILES string of the molecule is CC(OC(=O)C1CCN(c2ccc(C#N)cn2)CC1)C(=O)Nc1cccnc1Cl. The average Bonchev–Trinajstić information content (AvgIpc) is 2.75. The highest BCUT2D eigenvalue weighted by molar-refractivity contribution is 6.32. The number of amides is 1. The molecule has 29 heavy (non-hydrogen) atoms. The molecule has 0 saturated carbocycles. The number of nitrogens with one attached hydrogen (secondary N) is 1. The zero-order valence-electron chi connectivity index (χ0n) is 15.8. The van der Waals surface area contributed by atoms with Gasteiger partial charge in [-0.15, -0.1) is 0 Å². The van der Waals surface area contributed by atoms with E-state index in [1.807, 2.05) is 6.07 Å². The van der Waals surface area contributed by atoms with E-state index in [0.29, 0.717) is 37.2 Å². The third-order valence-corrected chi connectivity index (χ3v) is 5.01. The molecule has 0 radical (unpaired) electrons. The first-order valence-electron chi connectivity index (χ1n) is 9.21. The summed E-state index contributed by atoms with van der Waals surface area (Å²) in [5, 5.41) is 11.6. The van der Waals surface area contributed by atoms with Crippen molar-refractivity contribution in [2.75, 3.05) is 23.3 Å². The number of piperidine rings is 1. The van der Waals surface area contributed by atoms with Gasteiger partial charge in [-0.3, -0.25) is 9.59 Å². The molecule has 1 amide bonds. The summed E-state index contributed by atoms with van der Waals surface area (Å²) in [6, 6.07) is 8.82. The van der Waals surface area contributed by atoms with Gasteiger partial charge in [0.1, 0.15) is 11.9 Å². The van der Waals surface area contributed by atoms with Crippen molar-refractivity contribution in [3.63, 3.8) is 0 Å². The van der Waals surface area contributed by atoms with Crippen molar-refractivity contribution in [1.82, 2.24) is 9.97 Å². The molecular weight excluding hydrogens is 394 g/mol. The summed E-state index contributed by atoms with van der Waals surface area (Å²) >= 11 is 5.92. The fourth-order valence-electron chi connectivity index (χ4n) is 3.02. The van der Waals surface area contributed by atoms with Crippen LogP contribution in [0.4, 0.5) is 11.5 Å². The Labute approximate surface area is 173 Å². The van der Waals surface area contributed by atoms with Crippen LogP contribution in [-0.4, -0.2) is 41.0 Å². The van der Waals surface area contributed by atoms with Crippen molar-refractivity contribution in [3.8, 4) is 6.07 Å². The van der Waals surface area contributed by atoms with E-state index >= 15 is 0 Å². The normalized spacial score (nSPS) is 15.3. The van der Waals surface area contributed by atoms with E-state index < -0.39 is 18.0 Å². The molecule has 9 heteroatoms. The third-order valence-electron chi connectivity index (χ3n) is 4.71. The molecule has 150 valence electrons. The van der Waals surface area contributed by atoms with E-state index in [1.54, 1.807) is 24.3 Å². The largest absolute Gasteiger partial charge is 0.452 e. The quantitative estimate of drug-likeness (QED) is 0.593. The van der Waals surface area contributed by atoms with Crippen LogP contribution in [0.25, 0.3) is 0 Å². The summed E-state index contributed by atoms with van der Waals surface area (Å²) in [6.07, 6.45) is 3.30. The number of esters is 1. The van der Waals surface area contributed by atoms with Gasteiger partial charge < -0.3 is 15.0 Å². The maximum Gasteiger partial charge on any atom is 0.309 e. The number of halogens is 1. The maximum atomic E-state index is 12.4. The number of anilines is 2. The maximum absolute atomic E-state index is 12.4. The van der Waals surface area contributed by atoms with Gasteiger partial charge in [-0.25, -0.2) is 9.97 Å². The molecule has 1 atom stereocenters. The Morgan fingerprint density at radius 1 is 1.31 bits per heavy atom. The molecule has 2 aromatic heterocycles. The number of hydrogen-bond donors (Lipinski definition) is 1. The van der Waals surface area contributed by atoms with Crippen LogP contribution in [0, 0.1) is 17.2 Å². The van der Waals surface area contributed by atoms with Crippen LogP contribution < -0.4 is 10.2 Å². The Bertz CT molecular complexity index is 920. The van der Waals surface area contributed by atoms with Crippen molar-refractivity contribution < 1.29 is 14.3 Å². The van der Waals surface area contributed by atoms with Gasteiger partial charge in [-0.05, 0) is 44.0 Å². The molecule has 3 rings (SSSR count). The number of aromatic nitrogens is 2. The highest BCUT2D eigenvalue weighted by Crippen LogP contribution is 2.24. The minimum atomic E-state index is -0.947. The number of carbonyl (C=O) groups is 2. The third kappa shape index (κ3) is 5.21. The number of nitriles is 1. The molecule has 1 N–H and O–H groups in total. The molecule has 8 nitrogen and oxygen atoms in total. The van der Waals surface area contributed by atoms with Gasteiger partial charge in [0, 0.05) is 25.5 Å². The van der Waals surface area contributed by atoms with Gasteiger partial charge in [0.2, 0.25) is 0 Å². The monoisotopic (exact) mass is 413 g/mol. The highest BCUT2D eigenvalue weighted by Gasteiger charge is 2.29. The van der Waals surface area contributed by atoms with Gasteiger partial charge >= 0.3 is 5.97 Å². The lowest BCUT2D eigenvalue weighted by molar-refractivity contribution is -0.157. The van der Waals surface area contributed by atoms with Crippen molar-refractivity contribution in [3.05, 3.63) is 47.4 Å². The average molecular weight is 414 g/mol. The van der Waals surface area contributed by atoms with Gasteiger partial charge in [0.15, 0.2) is 11.3 Å². The molecule has 1 unspecified atom stereocenters. The highest BCUT2D eigenvalue weighted by atomic mass is 35.5. The summed E-state index contributed by atoms with van der Waals surface area (Å²) in [7, 11) is 0. The van der Waals surface area contributed by atoms with Crippen molar-refractivity contribution in [2.24, 2.45) is 5.92 Å². The van der Waals surface area contributed by atoms with Crippen LogP contribution in [0.5, 0.6) is 0 Å². The molecule has 1 fully saturated rings. The standard InChI is InChI=1S/C20H20ClN5O3/c1-13(19(27)25-16-3-2-8-23-18(16)21)29-20(28)15-6-9-26(10-7-15)17-5-4-14(11-22)12-24-17/h2-5,8,12-13,15H,6-7,9-10H2,1H3,(H,25,27). The van der Waals surface area contributed by atoms with Crippen molar-refractivity contribution in [1.29, 1.82) is 5.26 Å². The molecule has 2 aromatic rings. The molecule has 3 heterocycles. The summed E-state index contributed by atoms with van der Waals surface area (Å²) in [4.78, 5) is 34.9. The molecule has 0 bridgehead atoms. The fraction of sp³-hybridized carbons (Fsp3) is 0.350. The van der Waals surface area contributed by atoms with E-state index in [4.69, 9.17) is 21.6 Å². The summed E-state index contributed by atoms with van der Waals surface area (Å²) < 4.78 is 5.35. The van der Waals surface area contributed by atoms with Crippen molar-refractivity contribution >= 4 is 35.0 Å². The van der Waals surface area contributed by atoms with E-state index in [2.05, 4.69) is 20.2 Å². The van der Waals surface area contributed by atoms with Gasteiger partial charge in [-0.2, -0.15) is 5.26 Å². The van der Waals surface area contributed by atoms with E-state index in [9.17, 15) is 9.59 Å². The van der Waals surface area contributed by atoms with Crippen LogP contribution in [0.1, 0.15) is 25.3 Å². The summed E-state index contributed by atoms with van der Waals surface area (Å²) in [6.45, 7) is 2.81. The molecular formula is C20H20ClN5O3. The Morgan fingerprint density at radius 2 is 2.07 bits per heavy atom. The van der Waals surface area contributed by atoms with E-state index in [1.165, 1.54) is 19.3 Å². The first kappa shape index (κ1) is 20.6. The zero-order chi connectivity index (χ0) is 20.8. The number of nitrogens with zero attached hydrogens (tertiary/aromatic N) is 4. The molecule has 1 aliphatic heterocycles. The van der Waals surface area contributed by atoms with Gasteiger partial charge in [0.25, 0.3) is 5.91 Å². The minimum absolute atomic E-state index is 0.170. The Morgan fingerprint density at radius 3 is 2.69 bits per heavy atom. The minimum Gasteiger partial charge on any atom is -0.452 e. The van der Waals surface area contributed by atoms with Gasteiger partial charge in [0.05, 0.1) is 17.2 Å². The summed E-state index contributed by atoms with van der Waals surface area (Å²) in [5.41, 5.74) is 0.873. The topological polar surface area (TPSA) is 108 Å². The summed E-state index contributed by atoms with van der Waals surface area (Å²) in [5.74, 6) is -0.358. The van der Waals surface area contributed by atoms with Crippen molar-refractivity contribution in [2.45, 2.75) is 25.9 Å². The predicted octanol–water partition coefficient (Wildman–Crippen LogP) is 2.79. The van der Waals surface area contributed by atoms with Gasteiger partial charge in [-0.1, -0.05) is 11.6 Å². The predicted molar refractivity (Wildman–Crippen MR) is 107 cm³/mol. The number of pyridine rings is 2. The number of hydrogen-bond acceptors (Lipinski definition) is 7. The van der Waals surface area contributed by atoms with Crippen LogP contribution in [-0.2, 0) is 14.3 Å². The Hall–Kier alpha value is -3.18. The molecule has 0 aliphatic carbocycles. The van der Waals surface area contributed by atoms with E-state index in [-0.39, 0.29) is 11.1 Å². The second-order valence-corrected chi connectivity index (χ2v) is 7.05. The Kier molecular flexibility index (Phi) is 6.62. The van der Waals surface area contributed by atoms with E-state index in [0.717, 1.165) is 5.82 Å².